The van der Waals surface area contributed by atoms with Crippen LogP contribution in [-0.4, -0.2) is 25.8 Å². The minimum absolute atomic E-state index is 0.0363. The van der Waals surface area contributed by atoms with Crippen molar-refractivity contribution in [2.75, 3.05) is 0 Å². The monoisotopic (exact) mass is 375 g/mol. The first-order chi connectivity index (χ1) is 12.8. The van der Waals surface area contributed by atoms with Crippen molar-refractivity contribution in [3.63, 3.8) is 0 Å². The molecule has 0 aliphatic carbocycles. The normalized spacial score (nSPS) is 11.4. The SMILES string of the molecule is O=C(Cc1cccc(C(F)(F)F)c1)c1nc(-c2ccccn2)[nH]c(=O)c1O. The van der Waals surface area contributed by atoms with Gasteiger partial charge in [-0.1, -0.05) is 24.3 Å². The lowest BCUT2D eigenvalue weighted by Crippen LogP contribution is -2.17. The van der Waals surface area contributed by atoms with Crippen LogP contribution in [0.15, 0.2) is 53.5 Å². The van der Waals surface area contributed by atoms with Crippen LogP contribution in [0.25, 0.3) is 11.5 Å². The second-order valence-corrected chi connectivity index (χ2v) is 5.62. The number of benzene rings is 1. The minimum Gasteiger partial charge on any atom is -0.501 e. The Morgan fingerprint density at radius 2 is 1.93 bits per heavy atom. The number of halogens is 3. The predicted octanol–water partition coefficient (Wildman–Crippen LogP) is 2.98. The Morgan fingerprint density at radius 1 is 1.15 bits per heavy atom. The van der Waals surface area contributed by atoms with E-state index >= 15 is 0 Å². The molecule has 2 aromatic heterocycles. The Labute approximate surface area is 150 Å². The molecule has 0 bridgehead atoms. The van der Waals surface area contributed by atoms with Crippen molar-refractivity contribution in [1.82, 2.24) is 15.0 Å². The second-order valence-electron chi connectivity index (χ2n) is 5.62. The molecule has 2 heterocycles. The van der Waals surface area contributed by atoms with Gasteiger partial charge in [0, 0.05) is 12.6 Å². The van der Waals surface area contributed by atoms with E-state index in [9.17, 15) is 27.9 Å². The number of alkyl halides is 3. The fourth-order valence-electron chi connectivity index (χ4n) is 2.41. The number of nitrogens with zero attached hydrogens (tertiary/aromatic N) is 2. The highest BCUT2D eigenvalue weighted by atomic mass is 19.4. The first-order valence-electron chi connectivity index (χ1n) is 7.69. The van der Waals surface area contributed by atoms with Gasteiger partial charge in [0.05, 0.1) is 5.56 Å². The third-order valence-electron chi connectivity index (χ3n) is 3.69. The number of H-pyrrole nitrogens is 1. The molecule has 27 heavy (non-hydrogen) atoms. The highest BCUT2D eigenvalue weighted by Crippen LogP contribution is 2.30. The van der Waals surface area contributed by atoms with Crippen molar-refractivity contribution in [3.8, 4) is 17.3 Å². The Hall–Kier alpha value is -3.49. The van der Waals surface area contributed by atoms with Crippen LogP contribution in [0.4, 0.5) is 13.2 Å². The summed E-state index contributed by atoms with van der Waals surface area (Å²) in [5.74, 6) is -1.73. The van der Waals surface area contributed by atoms with Gasteiger partial charge < -0.3 is 10.1 Å². The highest BCUT2D eigenvalue weighted by Gasteiger charge is 2.30. The number of Topliss-reactive ketones (excluding diaryl/α,β-unsaturated/α-hetero) is 1. The van der Waals surface area contributed by atoms with Crippen LogP contribution in [0.5, 0.6) is 5.75 Å². The fraction of sp³-hybridized carbons (Fsp3) is 0.111. The zero-order valence-electron chi connectivity index (χ0n) is 13.6. The third-order valence-corrected chi connectivity index (χ3v) is 3.69. The number of ketones is 1. The van der Waals surface area contributed by atoms with Crippen molar-refractivity contribution in [1.29, 1.82) is 0 Å². The average molecular weight is 375 g/mol. The van der Waals surface area contributed by atoms with Crippen molar-refractivity contribution in [2.45, 2.75) is 12.6 Å². The molecule has 0 atom stereocenters. The average Bonchev–Trinajstić information content (AvgIpc) is 2.64. The molecule has 0 aliphatic rings. The number of hydrogen-bond donors (Lipinski definition) is 2. The first kappa shape index (κ1) is 18.3. The maximum absolute atomic E-state index is 12.8. The summed E-state index contributed by atoms with van der Waals surface area (Å²) in [7, 11) is 0. The summed E-state index contributed by atoms with van der Waals surface area (Å²) in [5, 5.41) is 9.87. The van der Waals surface area contributed by atoms with Gasteiger partial charge in [-0.3, -0.25) is 14.6 Å². The molecule has 0 fully saturated rings. The van der Waals surface area contributed by atoms with E-state index in [1.54, 1.807) is 12.1 Å². The van der Waals surface area contributed by atoms with Crippen LogP contribution < -0.4 is 5.56 Å². The number of nitrogens with one attached hydrogen (secondary N) is 1. The molecule has 3 aromatic rings. The van der Waals surface area contributed by atoms with Gasteiger partial charge in [-0.05, 0) is 23.8 Å². The third kappa shape index (κ3) is 4.02. The Bertz CT molecular complexity index is 1050. The quantitative estimate of drug-likeness (QED) is 0.684. The van der Waals surface area contributed by atoms with Crippen LogP contribution in [0.2, 0.25) is 0 Å². The smallest absolute Gasteiger partial charge is 0.416 e. The Morgan fingerprint density at radius 3 is 2.59 bits per heavy atom. The molecule has 0 amide bonds. The fourth-order valence-corrected chi connectivity index (χ4v) is 2.41. The lowest BCUT2D eigenvalue weighted by molar-refractivity contribution is -0.137. The van der Waals surface area contributed by atoms with Crippen molar-refractivity contribution in [2.24, 2.45) is 0 Å². The molecule has 1 aromatic carbocycles. The predicted molar refractivity (Wildman–Crippen MR) is 89.2 cm³/mol. The molecule has 0 unspecified atom stereocenters. The molecular weight excluding hydrogens is 363 g/mol. The zero-order valence-corrected chi connectivity index (χ0v) is 13.6. The number of pyridine rings is 1. The minimum atomic E-state index is -4.55. The highest BCUT2D eigenvalue weighted by molar-refractivity contribution is 5.98. The molecular formula is C18H12F3N3O3. The molecule has 0 saturated carbocycles. The van der Waals surface area contributed by atoms with Gasteiger partial charge >= 0.3 is 6.18 Å². The van der Waals surface area contributed by atoms with Crippen molar-refractivity contribution in [3.05, 3.63) is 75.8 Å². The van der Waals surface area contributed by atoms with Gasteiger partial charge in [-0.25, -0.2) is 4.98 Å². The Balaban J connectivity index is 1.96. The van der Waals surface area contributed by atoms with E-state index < -0.39 is 40.9 Å². The molecule has 6 nitrogen and oxygen atoms in total. The number of aromatic nitrogens is 3. The molecule has 0 radical (unpaired) electrons. The number of carbonyl (C=O) groups excluding carboxylic acids is 1. The standard InChI is InChI=1S/C18H12F3N3O3/c19-18(20,21)11-5-3-4-10(8-11)9-13(25)14-15(26)17(27)24-16(23-14)12-6-1-2-7-22-12/h1-8,26H,9H2,(H,23,24,27). The number of rotatable bonds is 4. The molecule has 9 heteroatoms. The van der Waals surface area contributed by atoms with Gasteiger partial charge in [-0.15, -0.1) is 0 Å². The molecule has 0 spiro atoms. The first-order valence-corrected chi connectivity index (χ1v) is 7.69. The van der Waals surface area contributed by atoms with Crippen LogP contribution in [0.3, 0.4) is 0 Å². The van der Waals surface area contributed by atoms with E-state index in [1.165, 1.54) is 24.4 Å². The molecule has 2 N–H and O–H groups in total. The molecule has 3 rings (SSSR count). The number of hydrogen-bond acceptors (Lipinski definition) is 5. The lowest BCUT2D eigenvalue weighted by Gasteiger charge is -2.09. The summed E-state index contributed by atoms with van der Waals surface area (Å²) in [4.78, 5) is 34.6. The van der Waals surface area contributed by atoms with Gasteiger partial charge in [-0.2, -0.15) is 13.2 Å². The van der Waals surface area contributed by atoms with E-state index in [0.717, 1.165) is 12.1 Å². The van der Waals surface area contributed by atoms with E-state index in [2.05, 4.69) is 15.0 Å². The summed E-state index contributed by atoms with van der Waals surface area (Å²) in [6, 6.07) is 9.06. The summed E-state index contributed by atoms with van der Waals surface area (Å²) in [5.41, 5.74) is -2.03. The van der Waals surface area contributed by atoms with Crippen LogP contribution >= 0.6 is 0 Å². The van der Waals surface area contributed by atoms with E-state index in [-0.39, 0.29) is 17.1 Å². The second kappa shape index (κ2) is 7.02. The zero-order chi connectivity index (χ0) is 19.6. The number of aromatic amines is 1. The maximum atomic E-state index is 12.8. The maximum Gasteiger partial charge on any atom is 0.416 e. The van der Waals surface area contributed by atoms with Gasteiger partial charge in [0.25, 0.3) is 5.56 Å². The summed E-state index contributed by atoms with van der Waals surface area (Å²) in [6.07, 6.45) is -3.56. The van der Waals surface area contributed by atoms with Crippen molar-refractivity contribution >= 4 is 5.78 Å². The number of aromatic hydroxyl groups is 1. The van der Waals surface area contributed by atoms with E-state index in [1.807, 2.05) is 0 Å². The van der Waals surface area contributed by atoms with Gasteiger partial charge in [0.2, 0.25) is 5.75 Å². The molecule has 0 aliphatic heterocycles. The topological polar surface area (TPSA) is 95.9 Å². The van der Waals surface area contributed by atoms with Crippen LogP contribution in [0, 0.1) is 0 Å². The summed E-state index contributed by atoms with van der Waals surface area (Å²) >= 11 is 0. The van der Waals surface area contributed by atoms with Crippen molar-refractivity contribution < 1.29 is 23.1 Å². The van der Waals surface area contributed by atoms with E-state index in [4.69, 9.17) is 0 Å². The van der Waals surface area contributed by atoms with E-state index in [0.29, 0.717) is 0 Å². The largest absolute Gasteiger partial charge is 0.501 e. The molecule has 138 valence electrons. The van der Waals surface area contributed by atoms with Gasteiger partial charge in [0.1, 0.15) is 5.69 Å². The summed E-state index contributed by atoms with van der Waals surface area (Å²) < 4.78 is 38.4. The number of carbonyl (C=O) groups is 1. The van der Waals surface area contributed by atoms with Crippen LogP contribution in [-0.2, 0) is 12.6 Å². The lowest BCUT2D eigenvalue weighted by atomic mass is 10.0. The Kier molecular flexibility index (Phi) is 4.76. The van der Waals surface area contributed by atoms with Crippen LogP contribution in [0.1, 0.15) is 21.6 Å². The summed E-state index contributed by atoms with van der Waals surface area (Å²) in [6.45, 7) is 0. The molecule has 0 saturated heterocycles. The van der Waals surface area contributed by atoms with Gasteiger partial charge in [0.15, 0.2) is 17.3 Å².